The number of rotatable bonds is 4. The zero-order valence-corrected chi connectivity index (χ0v) is 11.9. The molecule has 1 fully saturated rings. The normalized spacial score (nSPS) is 17.6. The maximum Gasteiger partial charge on any atom is 0.179 e. The van der Waals surface area contributed by atoms with Crippen LogP contribution in [0, 0.1) is 11.6 Å². The van der Waals surface area contributed by atoms with Crippen LogP contribution in [0.1, 0.15) is 17.3 Å². The molecule has 1 aliphatic heterocycles. The molecule has 0 amide bonds. The number of benzene rings is 1. The Morgan fingerprint density at radius 3 is 2.58 bits per heavy atom. The topological polar surface area (TPSA) is 20.3 Å². The summed E-state index contributed by atoms with van der Waals surface area (Å²) in [4.78, 5) is 14.1. The summed E-state index contributed by atoms with van der Waals surface area (Å²) in [5.74, 6) is -1.68. The number of halogens is 2. The largest absolute Gasteiger partial charge is 0.295 e. The Morgan fingerprint density at radius 1 is 1.32 bits per heavy atom. The Hall–Kier alpha value is -0.860. The van der Waals surface area contributed by atoms with E-state index in [0.29, 0.717) is 0 Å². The van der Waals surface area contributed by atoms with Crippen LogP contribution in [-0.2, 0) is 0 Å². The Balaban J connectivity index is 1.94. The fraction of sp³-hybridized carbons (Fsp3) is 0.500. The predicted molar refractivity (Wildman–Crippen MR) is 74.3 cm³/mol. The Labute approximate surface area is 113 Å². The minimum absolute atomic E-state index is 0.00951. The highest BCUT2D eigenvalue weighted by atomic mass is 31.1. The quantitative estimate of drug-likeness (QED) is 0.626. The third kappa shape index (κ3) is 3.80. The lowest BCUT2D eigenvalue weighted by atomic mass is 10.1. The number of carbonyl (C=O) groups is 1. The van der Waals surface area contributed by atoms with Crippen LogP contribution in [-0.4, -0.2) is 48.8 Å². The van der Waals surface area contributed by atoms with E-state index in [9.17, 15) is 13.6 Å². The Bertz CT molecular complexity index is 459. The van der Waals surface area contributed by atoms with E-state index in [4.69, 9.17) is 0 Å². The van der Waals surface area contributed by atoms with Crippen molar-refractivity contribution in [3.63, 3.8) is 0 Å². The Kier molecular flexibility index (Phi) is 5.00. The first-order chi connectivity index (χ1) is 9.10. The SMILES string of the molecule is CCP1CCN(CC(=O)c2ccc(F)cc2F)CC1. The van der Waals surface area contributed by atoms with Crippen molar-refractivity contribution >= 4 is 13.7 Å². The monoisotopic (exact) mass is 285 g/mol. The van der Waals surface area contributed by atoms with Gasteiger partial charge in [-0.1, -0.05) is 6.92 Å². The zero-order chi connectivity index (χ0) is 13.8. The predicted octanol–water partition coefficient (Wildman–Crippen LogP) is 2.96. The molecule has 0 N–H and O–H groups in total. The lowest BCUT2D eigenvalue weighted by molar-refractivity contribution is 0.0932. The summed E-state index contributed by atoms with van der Waals surface area (Å²) in [7, 11) is 0.137. The summed E-state index contributed by atoms with van der Waals surface area (Å²) in [6.45, 7) is 4.26. The van der Waals surface area contributed by atoms with E-state index in [2.05, 4.69) is 11.8 Å². The minimum Gasteiger partial charge on any atom is -0.295 e. The number of Topliss-reactive ketones (excluding diaryl/α,β-unsaturated/α-hetero) is 1. The highest BCUT2D eigenvalue weighted by Crippen LogP contribution is 2.36. The van der Waals surface area contributed by atoms with Gasteiger partial charge in [0.25, 0.3) is 0 Å². The van der Waals surface area contributed by atoms with Crippen molar-refractivity contribution in [3.8, 4) is 0 Å². The minimum atomic E-state index is -0.766. The summed E-state index contributed by atoms with van der Waals surface area (Å²) in [6.07, 6.45) is 3.56. The van der Waals surface area contributed by atoms with Gasteiger partial charge in [-0.25, -0.2) is 8.78 Å². The molecule has 0 unspecified atom stereocenters. The van der Waals surface area contributed by atoms with Crippen LogP contribution in [0.3, 0.4) is 0 Å². The van der Waals surface area contributed by atoms with E-state index >= 15 is 0 Å². The van der Waals surface area contributed by atoms with Crippen molar-refractivity contribution in [1.82, 2.24) is 4.90 Å². The average molecular weight is 285 g/mol. The molecule has 2 rings (SSSR count). The molecule has 2 nitrogen and oxygen atoms in total. The molecule has 1 aliphatic rings. The molecule has 1 aromatic carbocycles. The number of carbonyl (C=O) groups excluding carboxylic acids is 1. The number of nitrogens with zero attached hydrogens (tertiary/aromatic N) is 1. The van der Waals surface area contributed by atoms with Crippen molar-refractivity contribution in [1.29, 1.82) is 0 Å². The fourth-order valence-corrected chi connectivity index (χ4v) is 4.25. The van der Waals surface area contributed by atoms with Crippen molar-refractivity contribution < 1.29 is 13.6 Å². The maximum atomic E-state index is 13.5. The molecule has 0 aromatic heterocycles. The maximum absolute atomic E-state index is 13.5. The molecule has 1 aromatic rings. The third-order valence-corrected chi connectivity index (χ3v) is 6.07. The molecule has 5 heteroatoms. The molecule has 19 heavy (non-hydrogen) atoms. The molecule has 0 radical (unpaired) electrons. The van der Waals surface area contributed by atoms with E-state index in [1.54, 1.807) is 0 Å². The molecule has 0 saturated carbocycles. The van der Waals surface area contributed by atoms with Gasteiger partial charge >= 0.3 is 0 Å². The standard InChI is InChI=1S/C14H18F2NOP/c1-2-19-7-5-17(6-8-19)10-14(18)12-4-3-11(15)9-13(12)16/h3-4,9H,2,5-8,10H2,1H3. The lowest BCUT2D eigenvalue weighted by Crippen LogP contribution is -2.38. The molecular formula is C14H18F2NOP. The highest BCUT2D eigenvalue weighted by Gasteiger charge is 2.21. The van der Waals surface area contributed by atoms with E-state index in [0.717, 1.165) is 37.5 Å². The van der Waals surface area contributed by atoms with Crippen LogP contribution in [0.5, 0.6) is 0 Å². The summed E-state index contributed by atoms with van der Waals surface area (Å²) in [6, 6.07) is 3.12. The first-order valence-corrected chi connectivity index (χ1v) is 8.43. The van der Waals surface area contributed by atoms with Crippen LogP contribution in [0.15, 0.2) is 18.2 Å². The van der Waals surface area contributed by atoms with Crippen molar-refractivity contribution in [3.05, 3.63) is 35.4 Å². The number of hydrogen-bond donors (Lipinski definition) is 0. The molecular weight excluding hydrogens is 267 g/mol. The van der Waals surface area contributed by atoms with Gasteiger partial charge in [-0.15, -0.1) is 7.92 Å². The van der Waals surface area contributed by atoms with Gasteiger partial charge in [0, 0.05) is 19.2 Å². The second kappa shape index (κ2) is 6.53. The second-order valence-electron chi connectivity index (χ2n) is 4.76. The third-order valence-electron chi connectivity index (χ3n) is 3.51. The number of hydrogen-bond acceptors (Lipinski definition) is 2. The summed E-state index contributed by atoms with van der Waals surface area (Å²) >= 11 is 0. The summed E-state index contributed by atoms with van der Waals surface area (Å²) in [5.41, 5.74) is -0.00951. The van der Waals surface area contributed by atoms with Gasteiger partial charge in [0.05, 0.1) is 12.1 Å². The van der Waals surface area contributed by atoms with Gasteiger partial charge in [-0.3, -0.25) is 9.69 Å². The van der Waals surface area contributed by atoms with Crippen molar-refractivity contribution in [2.45, 2.75) is 6.92 Å². The second-order valence-corrected chi connectivity index (χ2v) is 7.63. The summed E-state index contributed by atoms with van der Waals surface area (Å²) < 4.78 is 26.3. The number of ketones is 1. The van der Waals surface area contributed by atoms with Gasteiger partial charge in [-0.05, 0) is 30.6 Å². The molecule has 0 atom stereocenters. The molecule has 1 saturated heterocycles. The molecule has 1 heterocycles. The van der Waals surface area contributed by atoms with E-state index < -0.39 is 11.6 Å². The average Bonchev–Trinajstić information content (AvgIpc) is 2.39. The molecule has 0 bridgehead atoms. The first-order valence-electron chi connectivity index (χ1n) is 6.53. The van der Waals surface area contributed by atoms with Crippen molar-refractivity contribution in [2.24, 2.45) is 0 Å². The zero-order valence-electron chi connectivity index (χ0n) is 11.0. The smallest absolute Gasteiger partial charge is 0.179 e. The fourth-order valence-electron chi connectivity index (χ4n) is 2.27. The Morgan fingerprint density at radius 2 is 2.00 bits per heavy atom. The van der Waals surface area contributed by atoms with E-state index in [-0.39, 0.29) is 25.8 Å². The van der Waals surface area contributed by atoms with Crippen LogP contribution in [0.2, 0.25) is 0 Å². The van der Waals surface area contributed by atoms with Gasteiger partial charge in [0.2, 0.25) is 0 Å². The molecule has 0 spiro atoms. The first kappa shape index (κ1) is 14.5. The van der Waals surface area contributed by atoms with Crippen LogP contribution in [0.4, 0.5) is 8.78 Å². The van der Waals surface area contributed by atoms with Gasteiger partial charge in [0.15, 0.2) is 5.78 Å². The van der Waals surface area contributed by atoms with Gasteiger partial charge in [-0.2, -0.15) is 0 Å². The summed E-state index contributed by atoms with van der Waals surface area (Å²) in [5, 5.41) is 0. The van der Waals surface area contributed by atoms with E-state index in [1.165, 1.54) is 12.2 Å². The van der Waals surface area contributed by atoms with Crippen LogP contribution < -0.4 is 0 Å². The van der Waals surface area contributed by atoms with Gasteiger partial charge < -0.3 is 0 Å². The van der Waals surface area contributed by atoms with Crippen LogP contribution >= 0.6 is 7.92 Å². The van der Waals surface area contributed by atoms with E-state index in [1.807, 2.05) is 0 Å². The molecule has 104 valence electrons. The molecule has 0 aliphatic carbocycles. The van der Waals surface area contributed by atoms with Crippen molar-refractivity contribution in [2.75, 3.05) is 38.1 Å². The highest BCUT2D eigenvalue weighted by molar-refractivity contribution is 7.57. The van der Waals surface area contributed by atoms with Gasteiger partial charge in [0.1, 0.15) is 11.6 Å². The lowest BCUT2D eigenvalue weighted by Gasteiger charge is -2.31. The van der Waals surface area contributed by atoms with Crippen LogP contribution in [0.25, 0.3) is 0 Å².